The number of Topliss-reactive ketones (excluding diaryl/α,β-unsaturated/α-hetero) is 1. The monoisotopic (exact) mass is 436 g/mol. The second-order valence-electron chi connectivity index (χ2n) is 7.10. The number of carbonyl (C=O) groups excluding carboxylic acids is 1. The van der Waals surface area contributed by atoms with Crippen molar-refractivity contribution in [3.05, 3.63) is 92.1 Å². The molecule has 4 nitrogen and oxygen atoms in total. The van der Waals surface area contributed by atoms with Crippen LogP contribution in [0, 0.1) is 13.8 Å². The SMILES string of the molecule is Cc1cc(C(=O)Cn2cc(C(F)(F)F)cc(Cl)c2=O)c(C)n1CCc1ccccc1. The van der Waals surface area contributed by atoms with E-state index in [1.807, 2.05) is 41.8 Å². The first-order chi connectivity index (χ1) is 14.1. The second-order valence-corrected chi connectivity index (χ2v) is 7.51. The van der Waals surface area contributed by atoms with E-state index >= 15 is 0 Å². The van der Waals surface area contributed by atoms with E-state index < -0.39 is 34.6 Å². The van der Waals surface area contributed by atoms with Gasteiger partial charge in [0.25, 0.3) is 5.56 Å². The average Bonchev–Trinajstić information content (AvgIpc) is 2.97. The topological polar surface area (TPSA) is 44.0 Å². The summed E-state index contributed by atoms with van der Waals surface area (Å²) in [6.07, 6.45) is -3.27. The van der Waals surface area contributed by atoms with Gasteiger partial charge < -0.3 is 9.13 Å². The van der Waals surface area contributed by atoms with E-state index in [4.69, 9.17) is 11.6 Å². The zero-order chi connectivity index (χ0) is 22.1. The summed E-state index contributed by atoms with van der Waals surface area (Å²) in [7, 11) is 0. The van der Waals surface area contributed by atoms with Crippen molar-refractivity contribution in [2.45, 2.75) is 39.5 Å². The summed E-state index contributed by atoms with van der Waals surface area (Å²) in [6.45, 7) is 3.78. The third-order valence-corrected chi connectivity index (χ3v) is 5.30. The molecule has 0 N–H and O–H groups in total. The molecule has 3 rings (SSSR count). The first-order valence-electron chi connectivity index (χ1n) is 9.29. The molecule has 158 valence electrons. The molecule has 0 saturated heterocycles. The predicted molar refractivity (Wildman–Crippen MR) is 109 cm³/mol. The summed E-state index contributed by atoms with van der Waals surface area (Å²) in [4.78, 5) is 24.9. The number of rotatable bonds is 6. The Balaban J connectivity index is 1.85. The van der Waals surface area contributed by atoms with Crippen LogP contribution < -0.4 is 5.56 Å². The van der Waals surface area contributed by atoms with Crippen LogP contribution in [0.25, 0.3) is 0 Å². The Morgan fingerprint density at radius 3 is 2.40 bits per heavy atom. The zero-order valence-corrected chi connectivity index (χ0v) is 17.2. The van der Waals surface area contributed by atoms with E-state index in [-0.39, 0.29) is 0 Å². The number of benzene rings is 1. The number of halogens is 4. The standard InChI is InChI=1S/C22H20ClF3N2O2/c1-14-10-18(15(2)28(14)9-8-16-6-4-3-5-7-16)20(29)13-27-12-17(22(24,25)26)11-19(23)21(27)30/h3-7,10-12H,8-9,13H2,1-2H3. The van der Waals surface area contributed by atoms with Crippen molar-refractivity contribution in [3.8, 4) is 0 Å². The van der Waals surface area contributed by atoms with Crippen molar-refractivity contribution in [1.82, 2.24) is 9.13 Å². The maximum absolute atomic E-state index is 13.0. The molecule has 0 fully saturated rings. The maximum Gasteiger partial charge on any atom is 0.417 e. The van der Waals surface area contributed by atoms with Crippen molar-refractivity contribution in [3.63, 3.8) is 0 Å². The van der Waals surface area contributed by atoms with Gasteiger partial charge in [-0.05, 0) is 38.0 Å². The minimum absolute atomic E-state index is 0.376. The third kappa shape index (κ3) is 4.67. The summed E-state index contributed by atoms with van der Waals surface area (Å²) in [5.41, 5.74) is 1.19. The van der Waals surface area contributed by atoms with Gasteiger partial charge in [0.15, 0.2) is 5.78 Å². The van der Waals surface area contributed by atoms with Gasteiger partial charge in [-0.3, -0.25) is 9.59 Å². The maximum atomic E-state index is 13.0. The Labute approximate surface area is 176 Å². The van der Waals surface area contributed by atoms with Crippen LogP contribution in [0.5, 0.6) is 0 Å². The van der Waals surface area contributed by atoms with Crippen LogP contribution in [0.1, 0.15) is 32.9 Å². The lowest BCUT2D eigenvalue weighted by Crippen LogP contribution is -2.26. The molecule has 0 bridgehead atoms. The van der Waals surface area contributed by atoms with Gasteiger partial charge in [-0.25, -0.2) is 0 Å². The number of aromatic nitrogens is 2. The van der Waals surface area contributed by atoms with Gasteiger partial charge >= 0.3 is 6.18 Å². The van der Waals surface area contributed by atoms with Crippen LogP contribution in [0.2, 0.25) is 5.02 Å². The first-order valence-corrected chi connectivity index (χ1v) is 9.66. The van der Waals surface area contributed by atoms with E-state index in [9.17, 15) is 22.8 Å². The fourth-order valence-electron chi connectivity index (χ4n) is 3.42. The molecule has 0 spiro atoms. The molecular formula is C22H20ClF3N2O2. The van der Waals surface area contributed by atoms with Crippen LogP contribution in [-0.4, -0.2) is 14.9 Å². The highest BCUT2D eigenvalue weighted by molar-refractivity contribution is 6.30. The third-order valence-electron chi connectivity index (χ3n) is 5.02. The molecule has 3 aromatic rings. The lowest BCUT2D eigenvalue weighted by Gasteiger charge is -2.12. The first kappa shape index (κ1) is 21.9. The highest BCUT2D eigenvalue weighted by Crippen LogP contribution is 2.29. The molecule has 2 aromatic heterocycles. The normalized spacial score (nSPS) is 11.7. The van der Waals surface area contributed by atoms with Crippen LogP contribution in [-0.2, 0) is 25.7 Å². The Bertz CT molecular complexity index is 1130. The Kier molecular flexibility index (Phi) is 6.22. The summed E-state index contributed by atoms with van der Waals surface area (Å²) >= 11 is 5.67. The van der Waals surface area contributed by atoms with Gasteiger partial charge in [-0.15, -0.1) is 0 Å². The van der Waals surface area contributed by atoms with E-state index in [0.29, 0.717) is 34.6 Å². The molecule has 1 aromatic carbocycles. The lowest BCUT2D eigenvalue weighted by molar-refractivity contribution is -0.138. The Hall–Kier alpha value is -2.80. The highest BCUT2D eigenvalue weighted by Gasteiger charge is 2.32. The van der Waals surface area contributed by atoms with Crippen LogP contribution >= 0.6 is 11.6 Å². The smallest absolute Gasteiger partial charge is 0.348 e. The summed E-state index contributed by atoms with van der Waals surface area (Å²) in [5, 5.41) is -0.578. The van der Waals surface area contributed by atoms with Gasteiger partial charge in [0.1, 0.15) is 5.02 Å². The van der Waals surface area contributed by atoms with E-state index in [1.165, 1.54) is 0 Å². The largest absolute Gasteiger partial charge is 0.417 e. The van der Waals surface area contributed by atoms with Gasteiger partial charge in [0.05, 0.1) is 12.1 Å². The number of alkyl halides is 3. The average molecular weight is 437 g/mol. The number of ketones is 1. The van der Waals surface area contributed by atoms with E-state index in [1.54, 1.807) is 13.0 Å². The second kappa shape index (κ2) is 8.52. The summed E-state index contributed by atoms with van der Waals surface area (Å²) < 4.78 is 41.8. The van der Waals surface area contributed by atoms with Crippen molar-refractivity contribution in [2.24, 2.45) is 0 Å². The zero-order valence-electron chi connectivity index (χ0n) is 16.5. The van der Waals surface area contributed by atoms with Gasteiger partial charge in [0, 0.05) is 29.7 Å². The molecule has 30 heavy (non-hydrogen) atoms. The van der Waals surface area contributed by atoms with Crippen molar-refractivity contribution in [1.29, 1.82) is 0 Å². The molecule has 0 unspecified atom stereocenters. The van der Waals surface area contributed by atoms with Crippen molar-refractivity contribution in [2.75, 3.05) is 0 Å². The van der Waals surface area contributed by atoms with Crippen molar-refractivity contribution < 1.29 is 18.0 Å². The highest BCUT2D eigenvalue weighted by atomic mass is 35.5. The van der Waals surface area contributed by atoms with E-state index in [0.717, 1.165) is 17.7 Å². The van der Waals surface area contributed by atoms with Crippen LogP contribution in [0.15, 0.2) is 53.5 Å². The predicted octanol–water partition coefficient (Wildman–Crippen LogP) is 5.06. The molecule has 0 radical (unpaired) electrons. The molecule has 0 aliphatic rings. The minimum Gasteiger partial charge on any atom is -0.348 e. The van der Waals surface area contributed by atoms with E-state index in [2.05, 4.69) is 0 Å². The van der Waals surface area contributed by atoms with Gasteiger partial charge in [-0.1, -0.05) is 41.9 Å². The molecule has 2 heterocycles. The minimum atomic E-state index is -4.67. The quantitative estimate of drug-likeness (QED) is 0.507. The number of hydrogen-bond donors (Lipinski definition) is 0. The van der Waals surface area contributed by atoms with Crippen LogP contribution in [0.3, 0.4) is 0 Å². The molecule has 8 heteroatoms. The van der Waals surface area contributed by atoms with Gasteiger partial charge in [-0.2, -0.15) is 13.2 Å². The number of pyridine rings is 1. The molecular weight excluding hydrogens is 417 g/mol. The van der Waals surface area contributed by atoms with Gasteiger partial charge in [0.2, 0.25) is 0 Å². The molecule has 0 amide bonds. The molecule has 0 aliphatic carbocycles. The molecule has 0 atom stereocenters. The summed E-state index contributed by atoms with van der Waals surface area (Å²) in [5.74, 6) is -0.452. The number of aryl methyl sites for hydroxylation is 2. The number of nitrogens with zero attached hydrogens (tertiary/aromatic N) is 2. The van der Waals surface area contributed by atoms with Crippen molar-refractivity contribution >= 4 is 17.4 Å². The Morgan fingerprint density at radius 2 is 1.77 bits per heavy atom. The fraction of sp³-hybridized carbons (Fsp3) is 0.273. The molecule has 0 aliphatic heterocycles. The number of hydrogen-bond acceptors (Lipinski definition) is 2. The summed E-state index contributed by atoms with van der Waals surface area (Å²) in [6, 6.07) is 12.2. The van der Waals surface area contributed by atoms with Crippen LogP contribution in [0.4, 0.5) is 13.2 Å². The molecule has 0 saturated carbocycles. The fourth-order valence-corrected chi connectivity index (χ4v) is 3.65. The lowest BCUT2D eigenvalue weighted by atomic mass is 10.1. The Morgan fingerprint density at radius 1 is 1.10 bits per heavy atom. The number of carbonyl (C=O) groups is 1.